The van der Waals surface area contributed by atoms with Gasteiger partial charge in [0, 0.05) is 48.3 Å². The number of carbonyl (C=O) groups excluding carboxylic acids is 1. The highest BCUT2D eigenvalue weighted by Gasteiger charge is 2.23. The van der Waals surface area contributed by atoms with Crippen LogP contribution in [-0.2, 0) is 24.1 Å². The van der Waals surface area contributed by atoms with Gasteiger partial charge in [0.25, 0.3) is 0 Å². The normalized spacial score (nSPS) is 23.0. The number of piperazine rings is 1. The number of aromatic nitrogens is 1. The fraction of sp³-hybridized carbons (Fsp3) is 0.609. The topological polar surface area (TPSA) is 46.5 Å². The highest BCUT2D eigenvalue weighted by molar-refractivity contribution is 5.96. The summed E-state index contributed by atoms with van der Waals surface area (Å²) in [5.74, 6) is -0.249. The highest BCUT2D eigenvalue weighted by atomic mass is 16.5. The van der Waals surface area contributed by atoms with Crippen molar-refractivity contribution in [2.75, 3.05) is 26.7 Å². The molecule has 1 aliphatic carbocycles. The molecule has 1 saturated heterocycles. The van der Waals surface area contributed by atoms with Crippen LogP contribution in [0.3, 0.4) is 0 Å². The fourth-order valence-electron chi connectivity index (χ4n) is 5.21. The molecule has 2 aromatic rings. The van der Waals surface area contributed by atoms with E-state index in [0.717, 1.165) is 45.4 Å². The standard InChI is InChI=1S/C23H33N3O2/c1-16-14-25(15-17(2)24-16)11-6-12-26-21-8-5-4-7-19(21)20-13-18(23(27)28-3)9-10-22(20)26/h9-10,13,16-17,24H,4-8,11-12,14-15H2,1-3H3. The minimum absolute atomic E-state index is 0.249. The molecule has 28 heavy (non-hydrogen) atoms. The molecule has 4 rings (SSSR count). The lowest BCUT2D eigenvalue weighted by molar-refractivity contribution is 0.0601. The van der Waals surface area contributed by atoms with E-state index in [-0.39, 0.29) is 5.97 Å². The van der Waals surface area contributed by atoms with Crippen LogP contribution in [0.1, 0.15) is 54.7 Å². The number of carbonyl (C=O) groups is 1. The number of aryl methyl sites for hydroxylation is 2. The predicted octanol–water partition coefficient (Wildman–Crippen LogP) is 3.38. The third-order valence-electron chi connectivity index (χ3n) is 6.29. The van der Waals surface area contributed by atoms with Crippen LogP contribution < -0.4 is 5.32 Å². The van der Waals surface area contributed by atoms with Crippen molar-refractivity contribution in [1.82, 2.24) is 14.8 Å². The summed E-state index contributed by atoms with van der Waals surface area (Å²) in [5.41, 5.74) is 4.88. The molecule has 152 valence electrons. The summed E-state index contributed by atoms with van der Waals surface area (Å²) < 4.78 is 7.46. The summed E-state index contributed by atoms with van der Waals surface area (Å²) in [6.45, 7) is 9.02. The van der Waals surface area contributed by atoms with Crippen LogP contribution in [0.2, 0.25) is 0 Å². The van der Waals surface area contributed by atoms with Gasteiger partial charge in [0.05, 0.1) is 12.7 Å². The van der Waals surface area contributed by atoms with Crippen LogP contribution in [0.15, 0.2) is 18.2 Å². The third kappa shape index (κ3) is 3.83. The van der Waals surface area contributed by atoms with Crippen molar-refractivity contribution >= 4 is 16.9 Å². The van der Waals surface area contributed by atoms with Gasteiger partial charge in [-0.15, -0.1) is 0 Å². The Labute approximate surface area is 168 Å². The fourth-order valence-corrected chi connectivity index (χ4v) is 5.21. The van der Waals surface area contributed by atoms with E-state index in [0.29, 0.717) is 17.6 Å². The molecule has 2 aliphatic rings. The molecule has 0 saturated carbocycles. The molecule has 1 aromatic carbocycles. The van der Waals surface area contributed by atoms with Crippen molar-refractivity contribution in [2.24, 2.45) is 0 Å². The number of methoxy groups -OCH3 is 1. The van der Waals surface area contributed by atoms with E-state index in [1.807, 2.05) is 12.1 Å². The monoisotopic (exact) mass is 383 g/mol. The molecule has 0 radical (unpaired) electrons. The number of benzene rings is 1. The Morgan fingerprint density at radius 1 is 1.14 bits per heavy atom. The molecule has 2 heterocycles. The van der Waals surface area contributed by atoms with Crippen LogP contribution in [0.4, 0.5) is 0 Å². The summed E-state index contributed by atoms with van der Waals surface area (Å²) in [7, 11) is 1.45. The minimum atomic E-state index is -0.249. The number of hydrogen-bond acceptors (Lipinski definition) is 4. The average molecular weight is 384 g/mol. The number of fused-ring (bicyclic) bond motifs is 3. The number of hydrogen-bond donors (Lipinski definition) is 1. The first-order valence-electron chi connectivity index (χ1n) is 10.8. The number of ether oxygens (including phenoxy) is 1. The summed E-state index contributed by atoms with van der Waals surface area (Å²) in [6, 6.07) is 7.22. The maximum absolute atomic E-state index is 12.0. The van der Waals surface area contributed by atoms with E-state index in [2.05, 4.69) is 34.7 Å². The van der Waals surface area contributed by atoms with Crippen molar-refractivity contribution in [3.8, 4) is 0 Å². The van der Waals surface area contributed by atoms with E-state index < -0.39 is 0 Å². The Morgan fingerprint density at radius 2 is 1.89 bits per heavy atom. The Hall–Kier alpha value is -1.85. The zero-order chi connectivity index (χ0) is 19.7. The largest absolute Gasteiger partial charge is 0.465 e. The third-order valence-corrected chi connectivity index (χ3v) is 6.29. The molecule has 0 bridgehead atoms. The first-order chi connectivity index (χ1) is 13.6. The Balaban J connectivity index is 1.55. The lowest BCUT2D eigenvalue weighted by Crippen LogP contribution is -2.54. The molecule has 1 fully saturated rings. The molecule has 1 aliphatic heterocycles. The van der Waals surface area contributed by atoms with Gasteiger partial charge in [-0.25, -0.2) is 4.79 Å². The van der Waals surface area contributed by atoms with Gasteiger partial charge in [-0.1, -0.05) is 0 Å². The Bertz CT molecular complexity index is 847. The zero-order valence-electron chi connectivity index (χ0n) is 17.5. The summed E-state index contributed by atoms with van der Waals surface area (Å²) >= 11 is 0. The van der Waals surface area contributed by atoms with Gasteiger partial charge >= 0.3 is 5.97 Å². The molecule has 2 atom stereocenters. The van der Waals surface area contributed by atoms with Crippen molar-refractivity contribution in [1.29, 1.82) is 0 Å². The molecule has 1 N–H and O–H groups in total. The van der Waals surface area contributed by atoms with Gasteiger partial charge in [0.2, 0.25) is 0 Å². The van der Waals surface area contributed by atoms with Crippen LogP contribution in [0.5, 0.6) is 0 Å². The molecule has 2 unspecified atom stereocenters. The predicted molar refractivity (Wildman–Crippen MR) is 113 cm³/mol. The molecular formula is C23H33N3O2. The van der Waals surface area contributed by atoms with Gasteiger partial charge in [-0.2, -0.15) is 0 Å². The van der Waals surface area contributed by atoms with Crippen LogP contribution in [0.25, 0.3) is 10.9 Å². The molecule has 5 nitrogen and oxygen atoms in total. The summed E-state index contributed by atoms with van der Waals surface area (Å²) in [4.78, 5) is 14.6. The molecule has 0 amide bonds. The Morgan fingerprint density at radius 3 is 2.64 bits per heavy atom. The van der Waals surface area contributed by atoms with E-state index in [1.54, 1.807) is 0 Å². The smallest absolute Gasteiger partial charge is 0.337 e. The molecule has 0 spiro atoms. The van der Waals surface area contributed by atoms with Gasteiger partial charge < -0.3 is 19.5 Å². The highest BCUT2D eigenvalue weighted by Crippen LogP contribution is 2.33. The van der Waals surface area contributed by atoms with Crippen LogP contribution in [0, 0.1) is 0 Å². The maximum Gasteiger partial charge on any atom is 0.337 e. The summed E-state index contributed by atoms with van der Waals surface area (Å²) in [6.07, 6.45) is 5.94. The van der Waals surface area contributed by atoms with Crippen LogP contribution >= 0.6 is 0 Å². The summed E-state index contributed by atoms with van der Waals surface area (Å²) in [5, 5.41) is 4.86. The second-order valence-electron chi connectivity index (χ2n) is 8.59. The maximum atomic E-state index is 12.0. The molecule has 1 aromatic heterocycles. The van der Waals surface area contributed by atoms with E-state index in [9.17, 15) is 4.79 Å². The SMILES string of the molecule is COC(=O)c1ccc2c(c1)c1c(n2CCCN2CC(C)NC(C)C2)CCCC1. The van der Waals surface area contributed by atoms with Gasteiger partial charge in [-0.05, 0) is 76.3 Å². The van der Waals surface area contributed by atoms with Gasteiger partial charge in [-0.3, -0.25) is 0 Å². The molecule has 5 heteroatoms. The van der Waals surface area contributed by atoms with Gasteiger partial charge in [0.1, 0.15) is 0 Å². The van der Waals surface area contributed by atoms with Crippen molar-refractivity contribution < 1.29 is 9.53 Å². The second-order valence-corrected chi connectivity index (χ2v) is 8.59. The van der Waals surface area contributed by atoms with Crippen molar-refractivity contribution in [3.63, 3.8) is 0 Å². The van der Waals surface area contributed by atoms with E-state index in [1.165, 1.54) is 42.1 Å². The second kappa shape index (κ2) is 8.26. The molecular weight excluding hydrogens is 350 g/mol. The van der Waals surface area contributed by atoms with Crippen LogP contribution in [-0.4, -0.2) is 54.3 Å². The van der Waals surface area contributed by atoms with Crippen molar-refractivity contribution in [3.05, 3.63) is 35.0 Å². The zero-order valence-corrected chi connectivity index (χ0v) is 17.5. The first-order valence-corrected chi connectivity index (χ1v) is 10.8. The van der Waals surface area contributed by atoms with E-state index >= 15 is 0 Å². The number of esters is 1. The van der Waals surface area contributed by atoms with Gasteiger partial charge in [0.15, 0.2) is 0 Å². The van der Waals surface area contributed by atoms with Crippen molar-refractivity contribution in [2.45, 2.75) is 64.6 Å². The number of nitrogens with zero attached hydrogens (tertiary/aromatic N) is 2. The Kier molecular flexibility index (Phi) is 5.74. The quantitative estimate of drug-likeness (QED) is 0.804. The van der Waals surface area contributed by atoms with E-state index in [4.69, 9.17) is 4.74 Å². The lowest BCUT2D eigenvalue weighted by atomic mass is 9.95. The number of nitrogens with one attached hydrogen (secondary N) is 1. The first kappa shape index (κ1) is 19.5. The lowest BCUT2D eigenvalue weighted by Gasteiger charge is -2.36. The minimum Gasteiger partial charge on any atom is -0.465 e. The number of rotatable bonds is 5. The average Bonchev–Trinajstić information content (AvgIpc) is 3.00.